The van der Waals surface area contributed by atoms with Gasteiger partial charge in [0, 0.05) is 19.0 Å². The van der Waals surface area contributed by atoms with Gasteiger partial charge in [0.2, 0.25) is 5.91 Å². The third-order valence-electron chi connectivity index (χ3n) is 1.60. The minimum Gasteiger partial charge on any atom is -0.334 e. The first-order valence-corrected chi connectivity index (χ1v) is 4.36. The second kappa shape index (κ2) is 5.19. The van der Waals surface area contributed by atoms with Gasteiger partial charge in [-0.1, -0.05) is 0 Å². The predicted molar refractivity (Wildman–Crippen MR) is 46.6 cm³/mol. The standard InChI is InChI=1S/C8H15F3N2O/c1-3-13(5-8(9,10)11)7(14)4-6(2)12/h6H,3-5,12H2,1-2H3. The number of nitrogens with two attached hydrogens (primary N) is 1. The average Bonchev–Trinajstić information content (AvgIpc) is 1.96. The van der Waals surface area contributed by atoms with E-state index in [2.05, 4.69) is 0 Å². The van der Waals surface area contributed by atoms with Crippen LogP contribution in [0.25, 0.3) is 0 Å². The number of rotatable bonds is 4. The van der Waals surface area contributed by atoms with Crippen LogP contribution in [0.4, 0.5) is 13.2 Å². The molecule has 0 aromatic heterocycles. The van der Waals surface area contributed by atoms with Crippen LogP contribution in [-0.4, -0.2) is 36.1 Å². The SMILES string of the molecule is CCN(CC(F)(F)F)C(=O)CC(C)N. The molecule has 6 heteroatoms. The number of carbonyl (C=O) groups excluding carboxylic acids is 1. The van der Waals surface area contributed by atoms with Crippen LogP contribution in [0.2, 0.25) is 0 Å². The Balaban J connectivity index is 4.20. The first kappa shape index (κ1) is 13.2. The Morgan fingerprint density at radius 1 is 1.50 bits per heavy atom. The Morgan fingerprint density at radius 2 is 2.00 bits per heavy atom. The van der Waals surface area contributed by atoms with Gasteiger partial charge in [-0.25, -0.2) is 0 Å². The molecule has 14 heavy (non-hydrogen) atoms. The normalized spacial score (nSPS) is 13.9. The van der Waals surface area contributed by atoms with Crippen LogP contribution < -0.4 is 5.73 Å². The second-order valence-corrected chi connectivity index (χ2v) is 3.20. The van der Waals surface area contributed by atoms with Crippen LogP contribution in [0.3, 0.4) is 0 Å². The van der Waals surface area contributed by atoms with Gasteiger partial charge in [0.25, 0.3) is 0 Å². The highest BCUT2D eigenvalue weighted by molar-refractivity contribution is 5.76. The zero-order valence-corrected chi connectivity index (χ0v) is 8.27. The smallest absolute Gasteiger partial charge is 0.334 e. The van der Waals surface area contributed by atoms with E-state index in [4.69, 9.17) is 5.73 Å². The summed E-state index contributed by atoms with van der Waals surface area (Å²) >= 11 is 0. The lowest BCUT2D eigenvalue weighted by atomic mass is 10.2. The molecule has 0 spiro atoms. The molecule has 0 aromatic carbocycles. The molecule has 0 saturated heterocycles. The molecule has 0 rings (SSSR count). The van der Waals surface area contributed by atoms with Gasteiger partial charge in [-0.05, 0) is 13.8 Å². The summed E-state index contributed by atoms with van der Waals surface area (Å²) in [6.45, 7) is 1.93. The van der Waals surface area contributed by atoms with Gasteiger partial charge in [-0.15, -0.1) is 0 Å². The van der Waals surface area contributed by atoms with Crippen LogP contribution in [0, 0.1) is 0 Å². The molecule has 1 amide bonds. The molecular formula is C8H15F3N2O. The maximum absolute atomic E-state index is 12.0. The summed E-state index contributed by atoms with van der Waals surface area (Å²) in [5.41, 5.74) is 5.32. The number of amides is 1. The van der Waals surface area contributed by atoms with E-state index in [-0.39, 0.29) is 13.0 Å². The van der Waals surface area contributed by atoms with Crippen molar-refractivity contribution in [2.75, 3.05) is 13.1 Å². The van der Waals surface area contributed by atoms with E-state index in [1.54, 1.807) is 6.92 Å². The number of hydrogen-bond acceptors (Lipinski definition) is 2. The predicted octanol–water partition coefficient (Wildman–Crippen LogP) is 1.13. The van der Waals surface area contributed by atoms with Gasteiger partial charge in [0.1, 0.15) is 6.54 Å². The fourth-order valence-electron chi connectivity index (χ4n) is 0.997. The summed E-state index contributed by atoms with van der Waals surface area (Å²) in [5, 5.41) is 0. The van der Waals surface area contributed by atoms with Crippen molar-refractivity contribution >= 4 is 5.91 Å². The maximum atomic E-state index is 12.0. The van der Waals surface area contributed by atoms with Crippen molar-refractivity contribution in [3.63, 3.8) is 0 Å². The maximum Gasteiger partial charge on any atom is 0.406 e. The molecule has 0 heterocycles. The number of halogens is 3. The first-order chi connectivity index (χ1) is 6.26. The third kappa shape index (κ3) is 5.80. The lowest BCUT2D eigenvalue weighted by Gasteiger charge is -2.22. The molecule has 0 aliphatic carbocycles. The number of hydrogen-bond donors (Lipinski definition) is 1. The molecule has 3 nitrogen and oxygen atoms in total. The van der Waals surface area contributed by atoms with E-state index < -0.39 is 24.7 Å². The molecule has 0 fully saturated rings. The Hall–Kier alpha value is -0.780. The molecule has 0 aromatic rings. The lowest BCUT2D eigenvalue weighted by Crippen LogP contribution is -2.40. The van der Waals surface area contributed by atoms with Gasteiger partial charge in [-0.2, -0.15) is 13.2 Å². The number of nitrogens with zero attached hydrogens (tertiary/aromatic N) is 1. The molecular weight excluding hydrogens is 197 g/mol. The molecule has 1 unspecified atom stereocenters. The molecule has 0 bridgehead atoms. The van der Waals surface area contributed by atoms with Gasteiger partial charge in [0.05, 0.1) is 0 Å². The summed E-state index contributed by atoms with van der Waals surface area (Å²) in [6, 6.07) is -0.412. The van der Waals surface area contributed by atoms with Crippen LogP contribution in [0.1, 0.15) is 20.3 Å². The fourth-order valence-corrected chi connectivity index (χ4v) is 0.997. The van der Waals surface area contributed by atoms with E-state index in [1.165, 1.54) is 6.92 Å². The topological polar surface area (TPSA) is 46.3 Å². The largest absolute Gasteiger partial charge is 0.406 e. The molecule has 0 aliphatic heterocycles. The van der Waals surface area contributed by atoms with E-state index in [1.807, 2.05) is 0 Å². The Labute approximate surface area is 81.1 Å². The molecule has 84 valence electrons. The minimum atomic E-state index is -4.34. The van der Waals surface area contributed by atoms with Crippen LogP contribution in [0.5, 0.6) is 0 Å². The third-order valence-corrected chi connectivity index (χ3v) is 1.60. The average molecular weight is 212 g/mol. The number of alkyl halides is 3. The van der Waals surface area contributed by atoms with Gasteiger partial charge in [-0.3, -0.25) is 4.79 Å². The Morgan fingerprint density at radius 3 is 2.29 bits per heavy atom. The Kier molecular flexibility index (Phi) is 4.90. The summed E-state index contributed by atoms with van der Waals surface area (Å²) in [6.07, 6.45) is -4.40. The quantitative estimate of drug-likeness (QED) is 0.759. The molecule has 0 radical (unpaired) electrons. The Bertz CT molecular complexity index is 192. The highest BCUT2D eigenvalue weighted by atomic mass is 19.4. The molecule has 1 atom stereocenters. The highest BCUT2D eigenvalue weighted by Gasteiger charge is 2.32. The van der Waals surface area contributed by atoms with Crippen molar-refractivity contribution in [2.24, 2.45) is 5.73 Å². The van der Waals surface area contributed by atoms with Crippen molar-refractivity contribution in [3.8, 4) is 0 Å². The highest BCUT2D eigenvalue weighted by Crippen LogP contribution is 2.16. The monoisotopic (exact) mass is 212 g/mol. The van der Waals surface area contributed by atoms with Crippen molar-refractivity contribution in [1.29, 1.82) is 0 Å². The van der Waals surface area contributed by atoms with Crippen molar-refractivity contribution in [3.05, 3.63) is 0 Å². The second-order valence-electron chi connectivity index (χ2n) is 3.20. The molecule has 0 aliphatic rings. The summed E-state index contributed by atoms with van der Waals surface area (Å²) in [5.74, 6) is -0.556. The molecule has 2 N–H and O–H groups in total. The van der Waals surface area contributed by atoms with Crippen LogP contribution in [-0.2, 0) is 4.79 Å². The summed E-state index contributed by atoms with van der Waals surface area (Å²) < 4.78 is 35.9. The molecule has 0 saturated carbocycles. The summed E-state index contributed by atoms with van der Waals surface area (Å²) in [7, 11) is 0. The van der Waals surface area contributed by atoms with Crippen molar-refractivity contribution < 1.29 is 18.0 Å². The fraction of sp³-hybridized carbons (Fsp3) is 0.875. The van der Waals surface area contributed by atoms with Crippen LogP contribution in [0.15, 0.2) is 0 Å². The van der Waals surface area contributed by atoms with E-state index >= 15 is 0 Å². The van der Waals surface area contributed by atoms with E-state index in [0.29, 0.717) is 0 Å². The van der Waals surface area contributed by atoms with Crippen molar-refractivity contribution in [1.82, 2.24) is 4.90 Å². The van der Waals surface area contributed by atoms with Gasteiger partial charge >= 0.3 is 6.18 Å². The first-order valence-electron chi connectivity index (χ1n) is 4.36. The van der Waals surface area contributed by atoms with Gasteiger partial charge in [0.15, 0.2) is 0 Å². The number of carbonyl (C=O) groups is 1. The van der Waals surface area contributed by atoms with E-state index in [0.717, 1.165) is 4.90 Å². The van der Waals surface area contributed by atoms with Gasteiger partial charge < -0.3 is 10.6 Å². The zero-order chi connectivity index (χ0) is 11.4. The lowest BCUT2D eigenvalue weighted by molar-refractivity contribution is -0.160. The summed E-state index contributed by atoms with van der Waals surface area (Å²) in [4.78, 5) is 12.0. The zero-order valence-electron chi connectivity index (χ0n) is 8.27. The van der Waals surface area contributed by atoms with E-state index in [9.17, 15) is 18.0 Å². The minimum absolute atomic E-state index is 0.0467. The van der Waals surface area contributed by atoms with Crippen LogP contribution >= 0.6 is 0 Å². The van der Waals surface area contributed by atoms with Crippen molar-refractivity contribution in [2.45, 2.75) is 32.5 Å².